The zero-order valence-corrected chi connectivity index (χ0v) is 16.2. The highest BCUT2D eigenvalue weighted by molar-refractivity contribution is 6.31. The number of methoxy groups -OCH3 is 2. The molecule has 1 saturated heterocycles. The summed E-state index contributed by atoms with van der Waals surface area (Å²) in [4.78, 5) is 15.6. The second-order valence-corrected chi connectivity index (χ2v) is 6.97. The Morgan fingerprint density at radius 1 is 1.11 bits per heavy atom. The molecule has 0 saturated carbocycles. The molecule has 0 spiro atoms. The zero-order chi connectivity index (χ0) is 19.4. The molecule has 0 aliphatic carbocycles. The van der Waals surface area contributed by atoms with Gasteiger partial charge in [-0.3, -0.25) is 4.79 Å². The maximum absolute atomic E-state index is 13.9. The zero-order valence-electron chi connectivity index (χ0n) is 15.4. The summed E-state index contributed by atoms with van der Waals surface area (Å²) in [6, 6.07) is 9.96. The molecule has 0 radical (unpaired) electrons. The molecule has 0 aromatic heterocycles. The predicted octanol–water partition coefficient (Wildman–Crippen LogP) is 2.04. The average molecular weight is 394 g/mol. The third-order valence-electron chi connectivity index (χ3n) is 4.82. The van der Waals surface area contributed by atoms with Gasteiger partial charge in [0, 0.05) is 10.6 Å². The Bertz CT molecular complexity index is 823. The molecule has 1 aliphatic heterocycles. The van der Waals surface area contributed by atoms with Crippen LogP contribution < -0.4 is 14.4 Å². The summed E-state index contributed by atoms with van der Waals surface area (Å²) >= 11 is 5.90. The van der Waals surface area contributed by atoms with Crippen molar-refractivity contribution in [3.63, 3.8) is 0 Å². The minimum atomic E-state index is -0.537. The summed E-state index contributed by atoms with van der Waals surface area (Å²) in [7, 11) is 3.23. The van der Waals surface area contributed by atoms with Gasteiger partial charge in [-0.2, -0.15) is 0 Å². The maximum Gasteiger partial charge on any atom is 0.257 e. The average Bonchev–Trinajstić information content (AvgIpc) is 2.69. The number of halogens is 2. The van der Waals surface area contributed by atoms with E-state index in [0.29, 0.717) is 29.6 Å². The Balaban J connectivity index is 1.60. The molecule has 3 rings (SSSR count). The van der Waals surface area contributed by atoms with E-state index in [1.165, 1.54) is 23.1 Å². The molecule has 5 nitrogen and oxygen atoms in total. The van der Waals surface area contributed by atoms with Gasteiger partial charge in [0.25, 0.3) is 5.91 Å². The maximum atomic E-state index is 13.9. The predicted molar refractivity (Wildman–Crippen MR) is 101 cm³/mol. The highest BCUT2D eigenvalue weighted by Gasteiger charge is 2.26. The first-order valence-corrected chi connectivity index (χ1v) is 9.18. The van der Waals surface area contributed by atoms with E-state index in [2.05, 4.69) is 0 Å². The van der Waals surface area contributed by atoms with Crippen molar-refractivity contribution in [3.05, 3.63) is 58.4 Å². The number of benzene rings is 2. The summed E-state index contributed by atoms with van der Waals surface area (Å²) in [6.07, 6.45) is 0. The topological polar surface area (TPSA) is 43.2 Å². The number of rotatable bonds is 5. The summed E-state index contributed by atoms with van der Waals surface area (Å²) in [6.45, 7) is 3.57. The number of ether oxygens (including phenoxy) is 2. The van der Waals surface area contributed by atoms with Gasteiger partial charge in [-0.15, -0.1) is 0 Å². The monoisotopic (exact) mass is 393 g/mol. The highest BCUT2D eigenvalue weighted by atomic mass is 35.5. The largest absolute Gasteiger partial charge is 0.493 e. The van der Waals surface area contributed by atoms with Crippen molar-refractivity contribution >= 4 is 17.5 Å². The Morgan fingerprint density at radius 3 is 2.48 bits per heavy atom. The molecular formula is C20H23ClFN2O3+. The highest BCUT2D eigenvalue weighted by Crippen LogP contribution is 2.27. The molecule has 0 bridgehead atoms. The van der Waals surface area contributed by atoms with Crippen LogP contribution in [-0.4, -0.2) is 51.2 Å². The van der Waals surface area contributed by atoms with Crippen LogP contribution in [0.5, 0.6) is 11.5 Å². The van der Waals surface area contributed by atoms with Gasteiger partial charge in [-0.05, 0) is 36.4 Å². The van der Waals surface area contributed by atoms with Gasteiger partial charge in [-0.25, -0.2) is 4.39 Å². The van der Waals surface area contributed by atoms with Crippen LogP contribution >= 0.6 is 11.6 Å². The first kappa shape index (κ1) is 19.5. The van der Waals surface area contributed by atoms with E-state index in [-0.39, 0.29) is 11.5 Å². The van der Waals surface area contributed by atoms with E-state index in [1.807, 2.05) is 18.2 Å². The van der Waals surface area contributed by atoms with Gasteiger partial charge in [-0.1, -0.05) is 11.6 Å². The number of amides is 1. The second kappa shape index (κ2) is 8.59. The summed E-state index contributed by atoms with van der Waals surface area (Å²) in [5.41, 5.74) is 1.18. The lowest BCUT2D eigenvalue weighted by atomic mass is 10.1. The smallest absolute Gasteiger partial charge is 0.257 e. The first-order chi connectivity index (χ1) is 13.0. The van der Waals surface area contributed by atoms with Crippen LogP contribution in [0.25, 0.3) is 0 Å². The van der Waals surface area contributed by atoms with Crippen molar-refractivity contribution in [3.8, 4) is 11.5 Å². The van der Waals surface area contributed by atoms with Crippen molar-refractivity contribution < 1.29 is 23.6 Å². The van der Waals surface area contributed by atoms with E-state index < -0.39 is 5.82 Å². The van der Waals surface area contributed by atoms with Crippen LogP contribution in [0.4, 0.5) is 4.39 Å². The number of piperazine rings is 1. The van der Waals surface area contributed by atoms with Crippen LogP contribution in [0.2, 0.25) is 5.02 Å². The standard InChI is InChI=1S/C20H22ClFN2O3/c1-26-18-6-3-14(11-19(18)27-2)13-23-7-9-24(10-8-23)20(25)16-12-15(21)4-5-17(16)22/h3-6,11-12H,7-10,13H2,1-2H3/p+1. The number of nitrogens with one attached hydrogen (secondary N) is 1. The molecule has 1 N–H and O–H groups in total. The van der Waals surface area contributed by atoms with E-state index in [1.54, 1.807) is 19.1 Å². The van der Waals surface area contributed by atoms with Crippen molar-refractivity contribution in [1.29, 1.82) is 0 Å². The number of nitrogens with zero attached hydrogens (tertiary/aromatic N) is 1. The molecule has 0 unspecified atom stereocenters. The van der Waals surface area contributed by atoms with Crippen LogP contribution in [0.3, 0.4) is 0 Å². The fraction of sp³-hybridized carbons (Fsp3) is 0.350. The minimum Gasteiger partial charge on any atom is -0.493 e. The fourth-order valence-electron chi connectivity index (χ4n) is 3.31. The lowest BCUT2D eigenvalue weighted by Crippen LogP contribution is -3.13. The van der Waals surface area contributed by atoms with Gasteiger partial charge >= 0.3 is 0 Å². The number of quaternary nitrogens is 1. The van der Waals surface area contributed by atoms with Crippen molar-refractivity contribution in [2.24, 2.45) is 0 Å². The molecule has 27 heavy (non-hydrogen) atoms. The molecule has 144 valence electrons. The van der Waals surface area contributed by atoms with Crippen LogP contribution in [0.1, 0.15) is 15.9 Å². The minimum absolute atomic E-state index is 0.0332. The number of hydrogen-bond donors (Lipinski definition) is 1. The van der Waals surface area contributed by atoms with Crippen LogP contribution in [-0.2, 0) is 6.54 Å². The summed E-state index contributed by atoms with van der Waals surface area (Å²) < 4.78 is 24.6. The molecule has 2 aromatic rings. The van der Waals surface area contributed by atoms with Crippen molar-refractivity contribution in [2.75, 3.05) is 40.4 Å². The van der Waals surface area contributed by atoms with Gasteiger partial charge < -0.3 is 19.3 Å². The van der Waals surface area contributed by atoms with Crippen molar-refractivity contribution in [1.82, 2.24) is 4.90 Å². The van der Waals surface area contributed by atoms with E-state index in [0.717, 1.165) is 25.2 Å². The van der Waals surface area contributed by atoms with Crippen LogP contribution in [0, 0.1) is 5.82 Å². The Morgan fingerprint density at radius 2 is 1.81 bits per heavy atom. The molecular weight excluding hydrogens is 371 g/mol. The first-order valence-electron chi connectivity index (χ1n) is 8.80. The van der Waals surface area contributed by atoms with E-state index >= 15 is 0 Å². The van der Waals surface area contributed by atoms with E-state index in [4.69, 9.17) is 21.1 Å². The molecule has 1 aliphatic rings. The number of carbonyl (C=O) groups excluding carboxylic acids is 1. The lowest BCUT2D eigenvalue weighted by Gasteiger charge is -2.32. The molecule has 1 amide bonds. The Hall–Kier alpha value is -2.31. The Labute approximate surface area is 163 Å². The summed E-state index contributed by atoms with van der Waals surface area (Å²) in [5.74, 6) is 0.569. The lowest BCUT2D eigenvalue weighted by molar-refractivity contribution is -0.917. The quantitative estimate of drug-likeness (QED) is 0.845. The summed E-state index contributed by atoms with van der Waals surface area (Å²) in [5, 5.41) is 0.359. The number of hydrogen-bond acceptors (Lipinski definition) is 3. The second-order valence-electron chi connectivity index (χ2n) is 6.53. The van der Waals surface area contributed by atoms with Gasteiger partial charge in [0.05, 0.1) is 46.0 Å². The van der Waals surface area contributed by atoms with Crippen molar-refractivity contribution in [2.45, 2.75) is 6.54 Å². The van der Waals surface area contributed by atoms with Gasteiger partial charge in [0.15, 0.2) is 11.5 Å². The molecule has 2 aromatic carbocycles. The fourth-order valence-corrected chi connectivity index (χ4v) is 3.49. The van der Waals surface area contributed by atoms with Crippen LogP contribution in [0.15, 0.2) is 36.4 Å². The SMILES string of the molecule is COc1ccc(C[NH+]2CCN(C(=O)c3cc(Cl)ccc3F)CC2)cc1OC. The van der Waals surface area contributed by atoms with E-state index in [9.17, 15) is 9.18 Å². The molecule has 1 heterocycles. The molecule has 1 fully saturated rings. The number of carbonyl (C=O) groups is 1. The third kappa shape index (κ3) is 4.51. The normalized spacial score (nSPS) is 14.9. The van der Waals surface area contributed by atoms with Gasteiger partial charge in [0.1, 0.15) is 12.4 Å². The Kier molecular flexibility index (Phi) is 6.19. The van der Waals surface area contributed by atoms with Gasteiger partial charge in [0.2, 0.25) is 0 Å². The molecule has 7 heteroatoms. The third-order valence-corrected chi connectivity index (χ3v) is 5.05. The molecule has 0 atom stereocenters.